The van der Waals surface area contributed by atoms with Crippen molar-refractivity contribution >= 4 is 61.0 Å². The van der Waals surface area contributed by atoms with Crippen molar-refractivity contribution in [1.82, 2.24) is 4.98 Å². The molecule has 0 aliphatic carbocycles. The fourth-order valence-corrected chi connectivity index (χ4v) is 2.57. The van der Waals surface area contributed by atoms with Crippen LogP contribution in [0.15, 0.2) is 22.8 Å². The summed E-state index contributed by atoms with van der Waals surface area (Å²) in [4.78, 5) is 3.12. The number of fused-ring (bicyclic) bond motifs is 1. The lowest BCUT2D eigenvalue weighted by Gasteiger charge is -1.95. The number of rotatable bonds is 0. The first-order valence-electron chi connectivity index (χ1n) is 3.30. The lowest BCUT2D eigenvalue weighted by molar-refractivity contribution is 1.46. The van der Waals surface area contributed by atoms with Crippen molar-refractivity contribution in [2.24, 2.45) is 0 Å². The summed E-state index contributed by atoms with van der Waals surface area (Å²) in [6.07, 6.45) is 1.95. The van der Waals surface area contributed by atoms with Crippen molar-refractivity contribution in [3.63, 3.8) is 0 Å². The summed E-state index contributed by atoms with van der Waals surface area (Å²) in [7, 11) is 0. The Bertz CT molecular complexity index is 438. The minimum atomic E-state index is 0.752. The molecule has 4 heteroatoms. The standard InChI is InChI=1S/C8H4BrClIN/c9-4-1-5-7(11)3-12-8(5)6(10)2-4/h1-3,12H. The second-order valence-corrected chi connectivity index (χ2v) is 4.93. The van der Waals surface area contributed by atoms with E-state index in [2.05, 4.69) is 49.6 Å². The van der Waals surface area contributed by atoms with Crippen LogP contribution < -0.4 is 0 Å². The lowest BCUT2D eigenvalue weighted by Crippen LogP contribution is -1.72. The van der Waals surface area contributed by atoms with E-state index >= 15 is 0 Å². The maximum atomic E-state index is 6.01. The van der Waals surface area contributed by atoms with Crippen molar-refractivity contribution in [2.75, 3.05) is 0 Å². The Morgan fingerprint density at radius 1 is 1.42 bits per heavy atom. The predicted molar refractivity (Wildman–Crippen MR) is 63.7 cm³/mol. The second kappa shape index (κ2) is 3.20. The summed E-state index contributed by atoms with van der Waals surface area (Å²) in [6.45, 7) is 0. The van der Waals surface area contributed by atoms with Gasteiger partial charge in [0.15, 0.2) is 0 Å². The Morgan fingerprint density at radius 2 is 2.17 bits per heavy atom. The number of hydrogen-bond acceptors (Lipinski definition) is 0. The lowest BCUT2D eigenvalue weighted by atomic mass is 10.2. The van der Waals surface area contributed by atoms with Gasteiger partial charge in [0.05, 0.1) is 10.5 Å². The largest absolute Gasteiger partial charge is 0.359 e. The first-order chi connectivity index (χ1) is 5.68. The number of halogens is 3. The van der Waals surface area contributed by atoms with Crippen molar-refractivity contribution in [3.05, 3.63) is 31.4 Å². The highest BCUT2D eigenvalue weighted by Gasteiger charge is 2.05. The number of H-pyrrole nitrogens is 1. The summed E-state index contributed by atoms with van der Waals surface area (Å²) in [6, 6.07) is 3.94. The molecule has 0 unspecified atom stereocenters. The fraction of sp³-hybridized carbons (Fsp3) is 0. The van der Waals surface area contributed by atoms with Gasteiger partial charge in [-0.2, -0.15) is 0 Å². The normalized spacial score (nSPS) is 10.9. The molecule has 1 nitrogen and oxygen atoms in total. The molecule has 1 N–H and O–H groups in total. The molecule has 1 aromatic heterocycles. The Balaban J connectivity index is 2.92. The number of aromatic nitrogens is 1. The third-order valence-electron chi connectivity index (χ3n) is 1.66. The first kappa shape index (κ1) is 8.84. The summed E-state index contributed by atoms with van der Waals surface area (Å²) >= 11 is 11.7. The molecule has 0 fully saturated rings. The molecule has 0 spiro atoms. The summed E-state index contributed by atoms with van der Waals surface area (Å²) in [5.41, 5.74) is 1.00. The van der Waals surface area contributed by atoms with Gasteiger partial charge in [-0.25, -0.2) is 0 Å². The smallest absolute Gasteiger partial charge is 0.0658 e. The van der Waals surface area contributed by atoms with E-state index in [0.29, 0.717) is 0 Å². The Labute approximate surface area is 96.8 Å². The van der Waals surface area contributed by atoms with E-state index in [-0.39, 0.29) is 0 Å². The fourth-order valence-electron chi connectivity index (χ4n) is 1.12. The van der Waals surface area contributed by atoms with Crippen LogP contribution in [-0.2, 0) is 0 Å². The molecule has 0 bridgehead atoms. The van der Waals surface area contributed by atoms with Crippen LogP contribution in [-0.4, -0.2) is 4.98 Å². The molecular weight excluding hydrogens is 352 g/mol. The van der Waals surface area contributed by atoms with Gasteiger partial charge < -0.3 is 4.98 Å². The predicted octanol–water partition coefficient (Wildman–Crippen LogP) is 4.19. The van der Waals surface area contributed by atoms with E-state index in [1.165, 1.54) is 3.57 Å². The van der Waals surface area contributed by atoms with E-state index in [4.69, 9.17) is 11.6 Å². The van der Waals surface area contributed by atoms with Crippen LogP contribution in [0.4, 0.5) is 0 Å². The van der Waals surface area contributed by atoms with E-state index in [1.54, 1.807) is 0 Å². The minimum absolute atomic E-state index is 0.752. The van der Waals surface area contributed by atoms with E-state index in [1.807, 2.05) is 12.3 Å². The molecule has 1 aromatic carbocycles. The molecule has 0 aliphatic heterocycles. The quantitative estimate of drug-likeness (QED) is 0.682. The molecule has 0 aliphatic rings. The maximum Gasteiger partial charge on any atom is 0.0658 e. The minimum Gasteiger partial charge on any atom is -0.359 e. The highest BCUT2D eigenvalue weighted by molar-refractivity contribution is 14.1. The van der Waals surface area contributed by atoms with Crippen LogP contribution in [0.25, 0.3) is 10.9 Å². The highest BCUT2D eigenvalue weighted by atomic mass is 127. The van der Waals surface area contributed by atoms with Gasteiger partial charge in [-0.15, -0.1) is 0 Å². The van der Waals surface area contributed by atoms with Gasteiger partial charge in [0.1, 0.15) is 0 Å². The topological polar surface area (TPSA) is 15.8 Å². The Kier molecular flexibility index (Phi) is 2.35. The summed E-state index contributed by atoms with van der Waals surface area (Å²) in [5, 5.41) is 1.91. The van der Waals surface area contributed by atoms with E-state index in [9.17, 15) is 0 Å². The molecule has 0 saturated carbocycles. The van der Waals surface area contributed by atoms with Crippen molar-refractivity contribution < 1.29 is 0 Å². The molecule has 0 atom stereocenters. The van der Waals surface area contributed by atoms with Crippen molar-refractivity contribution in [1.29, 1.82) is 0 Å². The highest BCUT2D eigenvalue weighted by Crippen LogP contribution is 2.30. The third kappa shape index (κ3) is 1.38. The third-order valence-corrected chi connectivity index (χ3v) is 3.30. The molecule has 2 rings (SSSR count). The van der Waals surface area contributed by atoms with Crippen LogP contribution in [0, 0.1) is 3.57 Å². The zero-order chi connectivity index (χ0) is 8.72. The molecule has 12 heavy (non-hydrogen) atoms. The van der Waals surface area contributed by atoms with Gasteiger partial charge in [-0.05, 0) is 34.7 Å². The summed E-state index contributed by atoms with van der Waals surface area (Å²) in [5.74, 6) is 0. The van der Waals surface area contributed by atoms with Gasteiger partial charge in [0.2, 0.25) is 0 Å². The Morgan fingerprint density at radius 3 is 2.92 bits per heavy atom. The van der Waals surface area contributed by atoms with Crippen LogP contribution in [0.1, 0.15) is 0 Å². The molecule has 0 saturated heterocycles. The summed E-state index contributed by atoms with van der Waals surface area (Å²) < 4.78 is 2.20. The van der Waals surface area contributed by atoms with Crippen LogP contribution in [0.3, 0.4) is 0 Å². The molecule has 2 aromatic rings. The maximum absolute atomic E-state index is 6.01. The van der Waals surface area contributed by atoms with Crippen LogP contribution >= 0.6 is 50.1 Å². The van der Waals surface area contributed by atoms with Gasteiger partial charge in [0.25, 0.3) is 0 Å². The number of nitrogens with one attached hydrogen (secondary N) is 1. The SMILES string of the molecule is Clc1cc(Br)cc2c(I)c[nH]c12. The zero-order valence-electron chi connectivity index (χ0n) is 5.87. The van der Waals surface area contributed by atoms with Crippen LogP contribution in [0.5, 0.6) is 0 Å². The van der Waals surface area contributed by atoms with Gasteiger partial charge in [-0.1, -0.05) is 27.5 Å². The van der Waals surface area contributed by atoms with Gasteiger partial charge >= 0.3 is 0 Å². The number of benzene rings is 1. The van der Waals surface area contributed by atoms with Gasteiger partial charge in [0, 0.05) is 19.6 Å². The molecule has 0 amide bonds. The molecule has 1 heterocycles. The number of aromatic amines is 1. The van der Waals surface area contributed by atoms with Crippen molar-refractivity contribution in [3.8, 4) is 0 Å². The van der Waals surface area contributed by atoms with Crippen LogP contribution in [0.2, 0.25) is 5.02 Å². The van der Waals surface area contributed by atoms with E-state index < -0.39 is 0 Å². The molecule has 0 radical (unpaired) electrons. The zero-order valence-corrected chi connectivity index (χ0v) is 10.4. The van der Waals surface area contributed by atoms with E-state index in [0.717, 1.165) is 20.4 Å². The number of hydrogen-bond donors (Lipinski definition) is 1. The first-order valence-corrected chi connectivity index (χ1v) is 5.55. The monoisotopic (exact) mass is 355 g/mol. The Hall–Kier alpha value is 0.260. The van der Waals surface area contributed by atoms with Gasteiger partial charge in [-0.3, -0.25) is 0 Å². The average Bonchev–Trinajstić information content (AvgIpc) is 2.33. The van der Waals surface area contributed by atoms with Crippen molar-refractivity contribution in [2.45, 2.75) is 0 Å². The molecular formula is C8H4BrClIN. The molecule has 62 valence electrons. The second-order valence-electron chi connectivity index (χ2n) is 2.45. The average molecular weight is 356 g/mol.